The monoisotopic (exact) mass is 774 g/mol. The topological polar surface area (TPSA) is 75.6 Å². The largest absolute Gasteiger partial charge is 0.455 e. The second-order valence-electron chi connectivity index (χ2n) is 11.2. The van der Waals surface area contributed by atoms with Crippen LogP contribution in [-0.2, 0) is 38.2 Å². The van der Waals surface area contributed by atoms with Gasteiger partial charge in [-0.1, -0.05) is 109 Å². The van der Waals surface area contributed by atoms with Gasteiger partial charge in [-0.05, 0) is 114 Å². The molecular weight excluding hydrogens is 697 g/mol. The molecule has 0 radical (unpaired) electrons. The van der Waals surface area contributed by atoms with Gasteiger partial charge in [0.2, 0.25) is 0 Å². The number of hydrogen-bond acceptors (Lipinski definition) is 5. The first-order valence-electron chi connectivity index (χ1n) is 34.7. The summed E-state index contributed by atoms with van der Waals surface area (Å²) in [5, 5.41) is 8.81. The van der Waals surface area contributed by atoms with Crippen molar-refractivity contribution in [2.24, 2.45) is 0 Å². The second kappa shape index (κ2) is 16.3. The van der Waals surface area contributed by atoms with E-state index in [0.29, 0.717) is 0 Å². The molecule has 0 unspecified atom stereocenters. The lowest BCUT2D eigenvalue weighted by Gasteiger charge is -2.12. The van der Waals surface area contributed by atoms with Gasteiger partial charge in [-0.25, -0.2) is 0 Å². The van der Waals surface area contributed by atoms with Gasteiger partial charge in [0.15, 0.2) is 0 Å². The Balaban J connectivity index is 1.32. The van der Waals surface area contributed by atoms with Crippen molar-refractivity contribution < 1.29 is 55.1 Å². The van der Waals surface area contributed by atoms with E-state index < -0.39 is 284 Å². The predicted molar refractivity (Wildman–Crippen MR) is 230 cm³/mol. The van der Waals surface area contributed by atoms with Crippen molar-refractivity contribution >= 4 is 21.9 Å². The maximum atomic E-state index is 9.69. The number of hydrogen-bond donors (Lipinski definition) is 0. The van der Waals surface area contributed by atoms with Crippen LogP contribution < -0.4 is 0 Å². The molecule has 0 aliphatic heterocycles. The highest BCUT2D eigenvalue weighted by atomic mass is 16.3. The summed E-state index contributed by atoms with van der Waals surface area (Å²) >= 11 is 0. The lowest BCUT2D eigenvalue weighted by Crippen LogP contribution is -2.00. The van der Waals surface area contributed by atoms with Crippen molar-refractivity contribution in [2.45, 2.75) is 38.2 Å². The molecule has 0 spiro atoms. The van der Waals surface area contributed by atoms with Gasteiger partial charge in [-0.2, -0.15) is 5.26 Å². The number of fused-ring (bicyclic) bond motifs is 3. The van der Waals surface area contributed by atoms with Crippen molar-refractivity contribution in [3.8, 4) is 39.8 Å². The van der Waals surface area contributed by atoms with Crippen molar-refractivity contribution in [3.05, 3.63) is 209 Å². The summed E-state index contributed by atoms with van der Waals surface area (Å²) in [4.78, 5) is 11.5. The van der Waals surface area contributed by atoms with E-state index in [1.54, 1.807) is 6.07 Å². The van der Waals surface area contributed by atoms with Crippen LogP contribution in [0.25, 0.3) is 55.7 Å². The molecule has 0 saturated carbocycles. The molecule has 274 valence electrons. The van der Waals surface area contributed by atoms with Gasteiger partial charge < -0.3 is 4.42 Å². The molecule has 0 aliphatic carbocycles. The molecule has 5 heteroatoms. The van der Waals surface area contributed by atoms with Crippen LogP contribution in [0.4, 0.5) is 0 Å². The fraction of sp³-hybridized carbons (Fsp3) is 0.115. The van der Waals surface area contributed by atoms with E-state index in [-0.39, 0.29) is 0 Å². The van der Waals surface area contributed by atoms with E-state index in [1.807, 2.05) is 0 Å². The van der Waals surface area contributed by atoms with E-state index in [4.69, 9.17) is 33.2 Å². The summed E-state index contributed by atoms with van der Waals surface area (Å²) < 4.78 is 337. The Morgan fingerprint density at radius 1 is 0.491 bits per heavy atom. The molecule has 5 nitrogen and oxygen atoms in total. The van der Waals surface area contributed by atoms with E-state index in [9.17, 15) is 27.2 Å². The molecule has 5 aromatic carbocycles. The number of furan rings is 1. The number of aromatic nitrogens is 3. The lowest BCUT2D eigenvalue weighted by molar-refractivity contribution is 0.669. The van der Waals surface area contributed by atoms with Gasteiger partial charge in [0.05, 0.1) is 63.0 Å². The zero-order chi connectivity index (χ0) is 70.9. The van der Waals surface area contributed by atoms with Crippen molar-refractivity contribution in [1.29, 1.82) is 5.26 Å². The van der Waals surface area contributed by atoms with Crippen LogP contribution in [0.15, 0.2) is 174 Å². The number of para-hydroxylation sites is 1. The molecule has 4 heterocycles. The van der Waals surface area contributed by atoms with E-state index in [2.05, 4.69) is 15.0 Å². The van der Waals surface area contributed by atoms with Crippen LogP contribution in [0.2, 0.25) is 0 Å². The average Bonchev–Trinajstić information content (AvgIpc) is 0.837. The van der Waals surface area contributed by atoms with E-state index in [0.717, 1.165) is 18.2 Å². The van der Waals surface area contributed by atoms with Crippen molar-refractivity contribution in [2.75, 3.05) is 0 Å². The highest BCUT2D eigenvalue weighted by Gasteiger charge is 2.14. The van der Waals surface area contributed by atoms with Crippen LogP contribution in [0.5, 0.6) is 0 Å². The maximum absolute atomic E-state index is 9.69. The molecule has 0 N–H and O–H groups in total. The summed E-state index contributed by atoms with van der Waals surface area (Å²) in [5.74, 6) is 0. The van der Waals surface area contributed by atoms with Crippen LogP contribution in [-0.4, -0.2) is 15.0 Å². The Labute approximate surface area is 385 Å². The van der Waals surface area contributed by atoms with Crippen molar-refractivity contribution in [3.63, 3.8) is 0 Å². The average molecular weight is 774 g/mol. The minimum atomic E-state index is -4.44. The van der Waals surface area contributed by atoms with Gasteiger partial charge in [-0.15, -0.1) is 0 Å². The van der Waals surface area contributed by atoms with Gasteiger partial charge in [0.1, 0.15) is 11.2 Å². The Morgan fingerprint density at radius 2 is 1.02 bits per heavy atom. The molecule has 4 aromatic heterocycles. The Kier molecular flexibility index (Phi) is 3.78. The fourth-order valence-corrected chi connectivity index (χ4v) is 4.97. The minimum absolute atomic E-state index is 0.432. The molecule has 9 aromatic rings. The third-order valence-corrected chi connectivity index (χ3v) is 7.54. The molecule has 0 bridgehead atoms. The van der Waals surface area contributed by atoms with Crippen LogP contribution in [0.3, 0.4) is 0 Å². The third kappa shape index (κ3) is 8.12. The van der Waals surface area contributed by atoms with Gasteiger partial charge in [0, 0.05) is 62.4 Å². The normalized spacial score (nSPS) is 22.0. The molecule has 0 saturated heterocycles. The predicted octanol–water partition coefficient (Wildman–Crippen LogP) is 12.0. The summed E-state index contributed by atoms with van der Waals surface area (Å²) in [5.41, 5.74) is -16.7. The second-order valence-corrected chi connectivity index (χ2v) is 11.2. The fourth-order valence-electron chi connectivity index (χ4n) is 4.97. The van der Waals surface area contributed by atoms with E-state index in [1.165, 1.54) is 0 Å². The standard InChI is InChI=1S/C52H40N4O/c53-32-42-20-24-45-46-12-7-13-47(52(46)57-51(45)31-42)50-27-23-38(35-56-50)16-19-41-29-39(17-14-36-21-25-48(54-33-36)43-8-3-1-4-9-43)28-40(30-41)18-15-37-22-26-49(55-34-37)44-10-5-2-6-11-44/h1-13,20-31,33-35H,14-19H2/i1D,2D,3D,4D,5D,6D,7D,8D,10D,12D,14D2,15D2,16D2,17D2,18D2,19D2,20D,21D,22D,23D,24D,25D,26D,27D,28D,29D,30D,31D,33D,34D,35D. The number of benzene rings is 5. The van der Waals surface area contributed by atoms with Gasteiger partial charge >= 0.3 is 0 Å². The number of nitriles is 1. The van der Waals surface area contributed by atoms with Gasteiger partial charge in [-0.3, -0.25) is 15.0 Å². The molecular formula is C52H40N4O. The maximum Gasteiger partial charge on any atom is 0.144 e. The van der Waals surface area contributed by atoms with Crippen LogP contribution in [0.1, 0.15) is 89.7 Å². The lowest BCUT2D eigenvalue weighted by atomic mass is 9.94. The first-order valence-corrected chi connectivity index (χ1v) is 16.2. The SMILES string of the molecule is [2H]c1cc(-c2nc([2H])c(C([2H])([2H])C([2H])([2H])c3c([2H])c(C([2H])([2H])C([2H])([2H])c4c([2H])nc(-c5cc([2H])c([2H])c([2H])c5[2H])c([2H])c4[2H])c([2H])c(C([2H])([2H])C([2H])([2H])c4c([2H])nc(-c5cc([2H])c([2H])c6c5oc5c([2H])c(C#N)c([2H])c([2H])c56)c([2H])c4[2H])c3[2H])c([2H])c2[2H])c([2H])c([2H])c1[2H]. The first kappa shape index (κ1) is 13.2. The molecule has 0 atom stereocenters. The Morgan fingerprint density at radius 3 is 1.58 bits per heavy atom. The third-order valence-electron chi connectivity index (χ3n) is 7.54. The quantitative estimate of drug-likeness (QED) is 0.124. The molecule has 9 rings (SSSR count). The Bertz CT molecular complexity index is 4720. The molecule has 0 aliphatic rings. The van der Waals surface area contributed by atoms with Crippen LogP contribution >= 0.6 is 0 Å². The zero-order valence-corrected chi connectivity index (χ0v) is 28.4. The summed E-state index contributed by atoms with van der Waals surface area (Å²) in [7, 11) is 0. The molecule has 0 fully saturated rings. The summed E-state index contributed by atoms with van der Waals surface area (Å²) in [6, 6.07) is -20.2. The highest BCUT2D eigenvalue weighted by Crippen LogP contribution is 2.35. The molecule has 0 amide bonds. The van der Waals surface area contributed by atoms with Crippen molar-refractivity contribution in [1.82, 2.24) is 15.0 Å². The zero-order valence-electron chi connectivity index (χ0n) is 65.4. The molecule has 57 heavy (non-hydrogen) atoms. The summed E-state index contributed by atoms with van der Waals surface area (Å²) in [6.07, 6.45) is -30.4. The number of rotatable bonds is 12. The first-order chi connectivity index (χ1) is 43.1. The Hall–Kier alpha value is -7.16. The minimum Gasteiger partial charge on any atom is -0.455 e. The van der Waals surface area contributed by atoms with E-state index >= 15 is 0 Å². The number of pyridine rings is 3. The number of nitrogens with zero attached hydrogens (tertiary/aromatic N) is 4. The summed E-state index contributed by atoms with van der Waals surface area (Å²) in [6.45, 7) is 0. The smallest absolute Gasteiger partial charge is 0.144 e. The van der Waals surface area contributed by atoms with Crippen LogP contribution in [0, 0.1) is 11.3 Å². The highest BCUT2D eigenvalue weighted by molar-refractivity contribution is 6.09. The van der Waals surface area contributed by atoms with Gasteiger partial charge in [0.25, 0.3) is 0 Å².